The van der Waals surface area contributed by atoms with Gasteiger partial charge in [0.15, 0.2) is 0 Å². The molecule has 1 spiro atoms. The number of thioether (sulfide) groups is 1. The van der Waals surface area contributed by atoms with E-state index in [2.05, 4.69) is 22.0 Å². The predicted octanol–water partition coefficient (Wildman–Crippen LogP) is 1.98. The fraction of sp³-hybridized carbons (Fsp3) is 0.632. The number of ether oxygens (including phenoxy) is 2. The van der Waals surface area contributed by atoms with Crippen LogP contribution in [0.25, 0.3) is 0 Å². The van der Waals surface area contributed by atoms with Crippen LogP contribution in [-0.2, 0) is 9.53 Å². The number of β-amino-alcohol motifs (C(OH)–C–C–N with tert-alkyl or cyclic N) is 1. The normalized spacial score (nSPS) is 21.3. The standard InChI is InChI=1S/C19H28N2O4S/c1-15(22)20-16-2-4-18(5-3-16)25-13-17(23)12-21-8-11-26-19(14-21)6-9-24-10-7-19/h2-5,17,23H,6-14H2,1H3,(H,20,22)/t17-/m0/s1. The first-order valence-electron chi connectivity index (χ1n) is 9.17. The number of nitrogens with one attached hydrogen (secondary N) is 1. The number of aliphatic hydroxyl groups excluding tert-OH is 1. The van der Waals surface area contributed by atoms with Crippen LogP contribution in [0.1, 0.15) is 19.8 Å². The molecule has 2 aliphatic rings. The van der Waals surface area contributed by atoms with Crippen LogP contribution in [0.3, 0.4) is 0 Å². The highest BCUT2D eigenvalue weighted by Crippen LogP contribution is 2.39. The highest BCUT2D eigenvalue weighted by atomic mass is 32.2. The lowest BCUT2D eigenvalue weighted by molar-refractivity contribution is -0.114. The highest BCUT2D eigenvalue weighted by molar-refractivity contribution is 8.00. The van der Waals surface area contributed by atoms with E-state index in [1.54, 1.807) is 24.3 Å². The molecular formula is C19H28N2O4S. The molecule has 0 bridgehead atoms. The number of rotatable bonds is 6. The minimum Gasteiger partial charge on any atom is -0.491 e. The maximum atomic E-state index is 11.0. The second-order valence-corrected chi connectivity index (χ2v) is 8.61. The molecule has 0 saturated carbocycles. The van der Waals surface area contributed by atoms with Gasteiger partial charge in [-0.2, -0.15) is 11.8 Å². The van der Waals surface area contributed by atoms with Crippen LogP contribution in [0.4, 0.5) is 5.69 Å². The van der Waals surface area contributed by atoms with Crippen molar-refractivity contribution in [3.05, 3.63) is 24.3 Å². The fourth-order valence-corrected chi connectivity index (χ4v) is 5.02. The summed E-state index contributed by atoms with van der Waals surface area (Å²) in [5, 5.41) is 13.1. The van der Waals surface area contributed by atoms with Crippen LogP contribution < -0.4 is 10.1 Å². The van der Waals surface area contributed by atoms with Gasteiger partial charge < -0.3 is 19.9 Å². The van der Waals surface area contributed by atoms with E-state index >= 15 is 0 Å². The van der Waals surface area contributed by atoms with Crippen molar-refractivity contribution in [1.29, 1.82) is 0 Å². The zero-order chi connectivity index (χ0) is 18.4. The summed E-state index contributed by atoms with van der Waals surface area (Å²) < 4.78 is 11.5. The van der Waals surface area contributed by atoms with Crippen LogP contribution in [0.2, 0.25) is 0 Å². The summed E-state index contributed by atoms with van der Waals surface area (Å²) in [7, 11) is 0. The molecule has 0 aliphatic carbocycles. The van der Waals surface area contributed by atoms with Gasteiger partial charge >= 0.3 is 0 Å². The summed E-state index contributed by atoms with van der Waals surface area (Å²) in [6, 6.07) is 7.18. The summed E-state index contributed by atoms with van der Waals surface area (Å²) in [4.78, 5) is 13.4. The van der Waals surface area contributed by atoms with Gasteiger partial charge in [-0.15, -0.1) is 0 Å². The van der Waals surface area contributed by atoms with Crippen LogP contribution >= 0.6 is 11.8 Å². The van der Waals surface area contributed by atoms with Crippen LogP contribution in [-0.4, -0.2) is 72.0 Å². The molecule has 2 heterocycles. The Bertz CT molecular complexity index is 584. The number of amides is 1. The molecular weight excluding hydrogens is 352 g/mol. The third-order valence-electron chi connectivity index (χ3n) is 4.82. The Morgan fingerprint density at radius 2 is 2.12 bits per heavy atom. The Morgan fingerprint density at radius 3 is 2.81 bits per heavy atom. The van der Waals surface area contributed by atoms with Gasteiger partial charge in [-0.25, -0.2) is 0 Å². The zero-order valence-electron chi connectivity index (χ0n) is 15.3. The molecule has 2 saturated heterocycles. The Balaban J connectivity index is 1.43. The lowest BCUT2D eigenvalue weighted by atomic mass is 9.97. The second kappa shape index (κ2) is 9.08. The van der Waals surface area contributed by atoms with Gasteiger partial charge in [0.1, 0.15) is 18.5 Å². The number of anilines is 1. The molecule has 2 N–H and O–H groups in total. The molecule has 2 fully saturated rings. The van der Waals surface area contributed by atoms with Crippen LogP contribution in [0, 0.1) is 0 Å². The number of hydrogen-bond donors (Lipinski definition) is 2. The van der Waals surface area contributed by atoms with Crippen molar-refractivity contribution in [2.24, 2.45) is 0 Å². The van der Waals surface area contributed by atoms with Crippen LogP contribution in [0.15, 0.2) is 24.3 Å². The van der Waals surface area contributed by atoms with E-state index in [4.69, 9.17) is 9.47 Å². The lowest BCUT2D eigenvalue weighted by Gasteiger charge is -2.44. The fourth-order valence-electron chi connectivity index (χ4n) is 3.51. The molecule has 2 aliphatic heterocycles. The molecule has 1 aromatic carbocycles. The molecule has 0 unspecified atom stereocenters. The van der Waals surface area contributed by atoms with E-state index in [0.717, 1.165) is 50.6 Å². The predicted molar refractivity (Wildman–Crippen MR) is 104 cm³/mol. The molecule has 1 atom stereocenters. The number of carbonyl (C=O) groups excluding carboxylic acids is 1. The largest absolute Gasteiger partial charge is 0.491 e. The van der Waals surface area contributed by atoms with E-state index in [9.17, 15) is 9.90 Å². The van der Waals surface area contributed by atoms with E-state index in [1.807, 2.05) is 0 Å². The summed E-state index contributed by atoms with van der Waals surface area (Å²) in [5.74, 6) is 1.70. The lowest BCUT2D eigenvalue weighted by Crippen LogP contribution is -2.51. The van der Waals surface area contributed by atoms with Gasteiger partial charge in [0, 0.05) is 56.0 Å². The highest BCUT2D eigenvalue weighted by Gasteiger charge is 2.38. The summed E-state index contributed by atoms with van der Waals surface area (Å²) in [5.41, 5.74) is 0.734. The van der Waals surface area contributed by atoms with Gasteiger partial charge in [0.25, 0.3) is 0 Å². The van der Waals surface area contributed by atoms with Crippen molar-refractivity contribution in [2.75, 3.05) is 50.5 Å². The number of hydrogen-bond acceptors (Lipinski definition) is 6. The molecule has 0 radical (unpaired) electrons. The third-order valence-corrected chi connectivity index (χ3v) is 6.35. The Labute approximate surface area is 159 Å². The molecule has 6 nitrogen and oxygen atoms in total. The van der Waals surface area contributed by atoms with Gasteiger partial charge in [-0.1, -0.05) is 0 Å². The third kappa shape index (κ3) is 5.61. The summed E-state index contributed by atoms with van der Waals surface area (Å²) >= 11 is 2.07. The molecule has 0 aromatic heterocycles. The summed E-state index contributed by atoms with van der Waals surface area (Å²) in [6.45, 7) is 6.10. The number of aliphatic hydroxyl groups is 1. The Hall–Kier alpha value is -1.28. The average Bonchev–Trinajstić information content (AvgIpc) is 2.61. The smallest absolute Gasteiger partial charge is 0.221 e. The van der Waals surface area contributed by atoms with Crippen molar-refractivity contribution >= 4 is 23.4 Å². The van der Waals surface area contributed by atoms with Gasteiger partial charge in [0.05, 0.1) is 0 Å². The van der Waals surface area contributed by atoms with Crippen molar-refractivity contribution in [3.63, 3.8) is 0 Å². The number of benzene rings is 1. The van der Waals surface area contributed by atoms with E-state index < -0.39 is 6.10 Å². The van der Waals surface area contributed by atoms with Crippen molar-refractivity contribution in [2.45, 2.75) is 30.6 Å². The van der Waals surface area contributed by atoms with Crippen molar-refractivity contribution in [3.8, 4) is 5.75 Å². The maximum Gasteiger partial charge on any atom is 0.221 e. The number of nitrogens with zero attached hydrogens (tertiary/aromatic N) is 1. The van der Waals surface area contributed by atoms with Gasteiger partial charge in [-0.3, -0.25) is 9.69 Å². The first-order chi connectivity index (χ1) is 12.5. The quantitative estimate of drug-likeness (QED) is 0.786. The SMILES string of the molecule is CC(=O)Nc1ccc(OC[C@@H](O)CN2CCSC3(CCOCC3)C2)cc1. The molecule has 1 amide bonds. The Morgan fingerprint density at radius 1 is 1.38 bits per heavy atom. The van der Waals surface area contributed by atoms with Crippen molar-refractivity contribution < 1.29 is 19.4 Å². The number of carbonyl (C=O) groups is 1. The zero-order valence-corrected chi connectivity index (χ0v) is 16.1. The molecule has 26 heavy (non-hydrogen) atoms. The minimum absolute atomic E-state index is 0.101. The van der Waals surface area contributed by atoms with Crippen molar-refractivity contribution in [1.82, 2.24) is 4.90 Å². The first kappa shape index (κ1) is 19.5. The minimum atomic E-state index is -0.523. The van der Waals surface area contributed by atoms with Gasteiger partial charge in [0.2, 0.25) is 5.91 Å². The van der Waals surface area contributed by atoms with Gasteiger partial charge in [-0.05, 0) is 37.1 Å². The molecule has 7 heteroatoms. The second-order valence-electron chi connectivity index (χ2n) is 7.05. The summed E-state index contributed by atoms with van der Waals surface area (Å²) in [6.07, 6.45) is 1.67. The maximum absolute atomic E-state index is 11.0. The topological polar surface area (TPSA) is 71.0 Å². The van der Waals surface area contributed by atoms with E-state index in [-0.39, 0.29) is 12.5 Å². The molecule has 1 aromatic rings. The van der Waals surface area contributed by atoms with E-state index in [1.165, 1.54) is 6.92 Å². The first-order valence-corrected chi connectivity index (χ1v) is 10.2. The monoisotopic (exact) mass is 380 g/mol. The average molecular weight is 381 g/mol. The Kier molecular flexibility index (Phi) is 6.80. The molecule has 144 valence electrons. The van der Waals surface area contributed by atoms with Crippen LogP contribution in [0.5, 0.6) is 5.75 Å². The molecule has 3 rings (SSSR count). The van der Waals surface area contributed by atoms with E-state index in [0.29, 0.717) is 17.0 Å².